The third-order valence-electron chi connectivity index (χ3n) is 7.16. The van der Waals surface area contributed by atoms with Crippen molar-refractivity contribution in [2.24, 2.45) is 5.41 Å². The molecule has 2 heterocycles. The number of halogens is 3. The maximum Gasteiger partial charge on any atom is 0.257 e. The molecule has 38 heavy (non-hydrogen) atoms. The Morgan fingerprint density at radius 1 is 1.13 bits per heavy atom. The number of fused-ring (bicyclic) bond motifs is 1. The van der Waals surface area contributed by atoms with Crippen LogP contribution in [0.1, 0.15) is 64.9 Å². The molecule has 1 aromatic heterocycles. The Kier molecular flexibility index (Phi) is 5.80. The van der Waals surface area contributed by atoms with Crippen molar-refractivity contribution in [1.29, 1.82) is 0 Å². The van der Waals surface area contributed by atoms with E-state index in [4.69, 9.17) is 33.4 Å². The molecular formula is C29H29Cl2FN2O4. The molecule has 1 aliphatic carbocycles. The average Bonchev–Trinajstić information content (AvgIpc) is 3.72. The molecular weight excluding hydrogens is 530 g/mol. The first-order valence-electron chi connectivity index (χ1n) is 14.1. The van der Waals surface area contributed by atoms with Gasteiger partial charge in [0.05, 0.1) is 53.6 Å². The van der Waals surface area contributed by atoms with Crippen molar-refractivity contribution in [3.63, 3.8) is 0 Å². The molecule has 1 atom stereocenters. The van der Waals surface area contributed by atoms with E-state index >= 15 is 4.39 Å². The number of amides is 1. The summed E-state index contributed by atoms with van der Waals surface area (Å²) in [5.74, 6) is -1.61. The number of rotatable bonds is 9. The fourth-order valence-electron chi connectivity index (χ4n) is 4.54. The largest absolute Gasteiger partial charge is 0.396 e. The second-order valence-corrected chi connectivity index (χ2v) is 11.2. The molecule has 200 valence electrons. The van der Waals surface area contributed by atoms with Crippen LogP contribution in [-0.4, -0.2) is 45.7 Å². The average molecular weight is 563 g/mol. The minimum atomic E-state index is -2.99. The van der Waals surface area contributed by atoms with Crippen LogP contribution in [0, 0.1) is 11.2 Å². The number of benzene rings is 2. The lowest BCUT2D eigenvalue weighted by Gasteiger charge is -2.40. The van der Waals surface area contributed by atoms with Crippen LogP contribution in [-0.2, 0) is 22.4 Å². The molecule has 3 aromatic rings. The summed E-state index contributed by atoms with van der Waals surface area (Å²) in [6, 6.07) is 11.7. The van der Waals surface area contributed by atoms with Crippen molar-refractivity contribution in [2.45, 2.75) is 44.4 Å². The molecule has 5 rings (SSSR count). The van der Waals surface area contributed by atoms with Gasteiger partial charge in [0.2, 0.25) is 0 Å². The number of aliphatic hydroxyl groups is 2. The van der Waals surface area contributed by atoms with Gasteiger partial charge < -0.3 is 14.9 Å². The molecule has 0 unspecified atom stereocenters. The first-order chi connectivity index (χ1) is 19.5. The van der Waals surface area contributed by atoms with Crippen LogP contribution in [0.3, 0.4) is 0 Å². The first kappa shape index (κ1) is 22.3. The summed E-state index contributed by atoms with van der Waals surface area (Å²) in [6.45, 7) is -3.14. The second-order valence-electron chi connectivity index (χ2n) is 10.3. The zero-order chi connectivity index (χ0) is 30.9. The highest BCUT2D eigenvalue weighted by Gasteiger charge is 2.56. The quantitative estimate of drug-likeness (QED) is 0.362. The number of carbonyl (C=O) groups is 1. The third-order valence-corrected chi connectivity index (χ3v) is 7.64. The van der Waals surface area contributed by atoms with Gasteiger partial charge in [0.15, 0.2) is 5.72 Å². The van der Waals surface area contributed by atoms with Gasteiger partial charge in [-0.05, 0) is 54.8 Å². The van der Waals surface area contributed by atoms with E-state index in [1.165, 1.54) is 42.6 Å². The number of carbonyl (C=O) groups excluding carboxylic acids is 1. The number of ether oxygens (including phenoxy) is 1. The standard InChI is InChI=1S/C29H29Cl2FN2O4/c1-27(2,15-35)19-11-23-25(24(32)12-19)29(18-3-5-20(30)6-4-18,38-17-28(16-36)9-10-28)34(26(23)37)14-22-8-7-21(31)13-33-22/h3-8,11-13,35-36H,9-10,14-17H2,1-2H3/t29-/m1/s1/i16D2,17D2. The van der Waals surface area contributed by atoms with E-state index in [0.717, 1.165) is 4.90 Å². The summed E-state index contributed by atoms with van der Waals surface area (Å²) in [5.41, 5.74) is -4.80. The van der Waals surface area contributed by atoms with E-state index in [1.54, 1.807) is 26.0 Å². The fraction of sp³-hybridized carbons (Fsp3) is 0.379. The minimum Gasteiger partial charge on any atom is -0.396 e. The van der Waals surface area contributed by atoms with Gasteiger partial charge in [0, 0.05) is 27.6 Å². The highest BCUT2D eigenvalue weighted by atomic mass is 35.5. The van der Waals surface area contributed by atoms with E-state index in [-0.39, 0.29) is 42.7 Å². The summed E-state index contributed by atoms with van der Waals surface area (Å²) in [4.78, 5) is 19.7. The van der Waals surface area contributed by atoms with Gasteiger partial charge in [-0.15, -0.1) is 0 Å². The summed E-state index contributed by atoms with van der Waals surface area (Å²) in [7, 11) is 0. The predicted molar refractivity (Wildman–Crippen MR) is 143 cm³/mol. The number of aliphatic hydroxyl groups excluding tert-OH is 1. The molecule has 0 bridgehead atoms. The SMILES string of the molecule is [2H]C([2H])(O)C1(C([2H])([2H])O[C@]2(c3ccc(Cl)cc3)c3c(F)cc(C(C)(C)CO)cc3C(=O)N2Cc2ccc(Cl)cn2)CC1. The smallest absolute Gasteiger partial charge is 0.257 e. The Morgan fingerprint density at radius 3 is 2.39 bits per heavy atom. The molecule has 6 nitrogen and oxygen atoms in total. The highest BCUT2D eigenvalue weighted by molar-refractivity contribution is 6.30. The van der Waals surface area contributed by atoms with Crippen LogP contribution in [0.5, 0.6) is 0 Å². The Labute approximate surface area is 236 Å². The van der Waals surface area contributed by atoms with Crippen molar-refractivity contribution < 1.29 is 29.6 Å². The fourth-order valence-corrected chi connectivity index (χ4v) is 4.78. The van der Waals surface area contributed by atoms with Gasteiger partial charge in [0.25, 0.3) is 5.91 Å². The van der Waals surface area contributed by atoms with Crippen LogP contribution in [0.2, 0.25) is 10.0 Å². The van der Waals surface area contributed by atoms with E-state index in [0.29, 0.717) is 21.3 Å². The van der Waals surface area contributed by atoms with Gasteiger partial charge in [-0.2, -0.15) is 0 Å². The molecule has 1 saturated carbocycles. The molecule has 0 saturated heterocycles. The van der Waals surface area contributed by atoms with Crippen LogP contribution in [0.25, 0.3) is 0 Å². The molecule has 1 aliphatic heterocycles. The Balaban J connectivity index is 1.81. The van der Waals surface area contributed by atoms with Gasteiger partial charge in [-0.25, -0.2) is 4.39 Å². The molecule has 0 radical (unpaired) electrons. The number of nitrogens with zero attached hydrogens (tertiary/aromatic N) is 2. The predicted octanol–water partition coefficient (Wildman–Crippen LogP) is 5.44. The van der Waals surface area contributed by atoms with Crippen LogP contribution >= 0.6 is 23.2 Å². The lowest BCUT2D eigenvalue weighted by atomic mass is 9.82. The molecule has 9 heteroatoms. The second kappa shape index (κ2) is 9.88. The monoisotopic (exact) mass is 562 g/mol. The maximum atomic E-state index is 16.5. The van der Waals surface area contributed by atoms with E-state index in [1.807, 2.05) is 0 Å². The Hall–Kier alpha value is -2.55. The maximum absolute atomic E-state index is 16.5. The van der Waals surface area contributed by atoms with Crippen LogP contribution in [0.4, 0.5) is 4.39 Å². The lowest BCUT2D eigenvalue weighted by molar-refractivity contribution is -0.130. The summed E-state index contributed by atoms with van der Waals surface area (Å²) >= 11 is 12.2. The van der Waals surface area contributed by atoms with E-state index < -0.39 is 41.4 Å². The highest BCUT2D eigenvalue weighted by Crippen LogP contribution is 2.52. The van der Waals surface area contributed by atoms with Gasteiger partial charge in [-0.1, -0.05) is 49.2 Å². The van der Waals surface area contributed by atoms with Crippen molar-refractivity contribution in [3.8, 4) is 0 Å². The van der Waals surface area contributed by atoms with Crippen molar-refractivity contribution in [1.82, 2.24) is 9.88 Å². The first-order valence-corrected chi connectivity index (χ1v) is 12.8. The van der Waals surface area contributed by atoms with E-state index in [2.05, 4.69) is 4.98 Å². The van der Waals surface area contributed by atoms with Gasteiger partial charge in [-0.3, -0.25) is 14.7 Å². The van der Waals surface area contributed by atoms with Crippen molar-refractivity contribution in [3.05, 3.63) is 98.5 Å². The van der Waals surface area contributed by atoms with Crippen LogP contribution < -0.4 is 0 Å². The zero-order valence-corrected chi connectivity index (χ0v) is 22.3. The molecule has 2 aliphatic rings. The molecule has 1 fully saturated rings. The topological polar surface area (TPSA) is 82.9 Å². The van der Waals surface area contributed by atoms with Crippen molar-refractivity contribution >= 4 is 29.1 Å². The number of hydrogen-bond donors (Lipinski definition) is 2. The van der Waals surface area contributed by atoms with E-state index in [9.17, 15) is 15.0 Å². The molecule has 0 spiro atoms. The molecule has 2 aromatic carbocycles. The molecule has 2 N–H and O–H groups in total. The Morgan fingerprint density at radius 2 is 1.82 bits per heavy atom. The number of aromatic nitrogens is 1. The number of pyridine rings is 1. The lowest BCUT2D eigenvalue weighted by Crippen LogP contribution is -2.48. The third kappa shape index (κ3) is 4.61. The summed E-state index contributed by atoms with van der Waals surface area (Å²) in [6.07, 6.45) is 1.27. The summed E-state index contributed by atoms with van der Waals surface area (Å²) < 4.78 is 56.7. The zero-order valence-electron chi connectivity index (χ0n) is 24.8. The Bertz CT molecular complexity index is 1530. The van der Waals surface area contributed by atoms with Crippen molar-refractivity contribution in [2.75, 3.05) is 19.7 Å². The summed E-state index contributed by atoms with van der Waals surface area (Å²) in [5, 5.41) is 21.0. The normalized spacial score (nSPS) is 22.4. The van der Waals surface area contributed by atoms with Gasteiger partial charge >= 0.3 is 0 Å². The minimum absolute atomic E-state index is 0.0498. The molecule has 1 amide bonds. The van der Waals surface area contributed by atoms with Gasteiger partial charge in [0.1, 0.15) is 5.82 Å². The number of hydrogen-bond acceptors (Lipinski definition) is 5. The van der Waals surface area contributed by atoms with Crippen LogP contribution in [0.15, 0.2) is 54.7 Å².